The molecular formula is C17H24O7. The SMILES string of the molecule is CC1(C)OC2C(O1)[C@@H]([C@H](O)[C@H](O)CO)O[C@@H]2OCc1ccccc1. The molecule has 2 heterocycles. The molecule has 1 aromatic carbocycles. The van der Waals surface area contributed by atoms with Gasteiger partial charge in [0.1, 0.15) is 30.5 Å². The van der Waals surface area contributed by atoms with Gasteiger partial charge in [0.05, 0.1) is 13.2 Å². The van der Waals surface area contributed by atoms with Crippen molar-refractivity contribution in [1.29, 1.82) is 0 Å². The van der Waals surface area contributed by atoms with E-state index in [1.165, 1.54) is 0 Å². The van der Waals surface area contributed by atoms with Gasteiger partial charge in [0, 0.05) is 0 Å². The number of benzene rings is 1. The van der Waals surface area contributed by atoms with E-state index in [-0.39, 0.29) is 0 Å². The Bertz CT molecular complexity index is 535. The fourth-order valence-electron chi connectivity index (χ4n) is 3.08. The van der Waals surface area contributed by atoms with Crippen LogP contribution in [0.3, 0.4) is 0 Å². The van der Waals surface area contributed by atoms with E-state index in [1.807, 2.05) is 30.3 Å². The molecule has 0 amide bonds. The Kier molecular flexibility index (Phi) is 5.22. The molecule has 3 rings (SSSR count). The quantitative estimate of drug-likeness (QED) is 0.679. The lowest BCUT2D eigenvalue weighted by Gasteiger charge is -2.28. The summed E-state index contributed by atoms with van der Waals surface area (Å²) in [5.41, 5.74) is 0.982. The van der Waals surface area contributed by atoms with Crippen LogP contribution in [0.15, 0.2) is 30.3 Å². The third-order valence-electron chi connectivity index (χ3n) is 4.22. The first kappa shape index (κ1) is 17.8. The molecule has 0 saturated carbocycles. The molecule has 2 fully saturated rings. The summed E-state index contributed by atoms with van der Waals surface area (Å²) >= 11 is 0. The first-order valence-corrected chi connectivity index (χ1v) is 8.05. The smallest absolute Gasteiger partial charge is 0.187 e. The third kappa shape index (κ3) is 3.62. The highest BCUT2D eigenvalue weighted by molar-refractivity contribution is 5.13. The fourth-order valence-corrected chi connectivity index (χ4v) is 3.08. The minimum absolute atomic E-state index is 0.323. The maximum absolute atomic E-state index is 10.2. The molecule has 2 unspecified atom stereocenters. The van der Waals surface area contributed by atoms with Gasteiger partial charge in [-0.1, -0.05) is 30.3 Å². The monoisotopic (exact) mass is 340 g/mol. The van der Waals surface area contributed by atoms with Crippen molar-refractivity contribution in [1.82, 2.24) is 0 Å². The number of aliphatic hydroxyl groups excluding tert-OH is 3. The molecule has 0 aromatic heterocycles. The number of aliphatic hydroxyl groups is 3. The Balaban J connectivity index is 1.70. The number of rotatable bonds is 6. The molecule has 0 spiro atoms. The molecule has 2 aliphatic heterocycles. The normalized spacial score (nSPS) is 34.0. The number of fused-ring (bicyclic) bond motifs is 1. The van der Waals surface area contributed by atoms with Gasteiger partial charge in [-0.05, 0) is 19.4 Å². The van der Waals surface area contributed by atoms with E-state index >= 15 is 0 Å². The lowest BCUT2D eigenvalue weighted by Crippen LogP contribution is -2.46. The highest BCUT2D eigenvalue weighted by Crippen LogP contribution is 2.40. The van der Waals surface area contributed by atoms with E-state index in [0.717, 1.165) is 5.56 Å². The van der Waals surface area contributed by atoms with Gasteiger partial charge in [-0.25, -0.2) is 0 Å². The second-order valence-corrected chi connectivity index (χ2v) is 6.57. The second-order valence-electron chi connectivity index (χ2n) is 6.57. The van der Waals surface area contributed by atoms with Crippen LogP contribution < -0.4 is 0 Å². The summed E-state index contributed by atoms with van der Waals surface area (Å²) < 4.78 is 23.2. The van der Waals surface area contributed by atoms with Crippen LogP contribution in [0.4, 0.5) is 0 Å². The van der Waals surface area contributed by atoms with Crippen molar-refractivity contribution in [2.24, 2.45) is 0 Å². The zero-order chi connectivity index (χ0) is 17.3. The van der Waals surface area contributed by atoms with Gasteiger partial charge < -0.3 is 34.3 Å². The van der Waals surface area contributed by atoms with Crippen molar-refractivity contribution in [2.75, 3.05) is 6.61 Å². The number of ether oxygens (including phenoxy) is 4. The van der Waals surface area contributed by atoms with Crippen LogP contribution in [0.25, 0.3) is 0 Å². The minimum atomic E-state index is -1.32. The molecule has 134 valence electrons. The van der Waals surface area contributed by atoms with Gasteiger partial charge in [0.15, 0.2) is 12.1 Å². The van der Waals surface area contributed by atoms with Crippen molar-refractivity contribution in [3.05, 3.63) is 35.9 Å². The van der Waals surface area contributed by atoms with Gasteiger partial charge in [-0.15, -0.1) is 0 Å². The summed E-state index contributed by atoms with van der Waals surface area (Å²) in [4.78, 5) is 0. The van der Waals surface area contributed by atoms with Gasteiger partial charge in [-0.2, -0.15) is 0 Å². The molecule has 1 aromatic rings. The zero-order valence-corrected chi connectivity index (χ0v) is 13.7. The fraction of sp³-hybridized carbons (Fsp3) is 0.647. The maximum Gasteiger partial charge on any atom is 0.187 e. The molecule has 0 bridgehead atoms. The van der Waals surface area contributed by atoms with E-state index in [4.69, 9.17) is 24.1 Å². The average molecular weight is 340 g/mol. The Morgan fingerprint density at radius 2 is 1.79 bits per heavy atom. The molecule has 24 heavy (non-hydrogen) atoms. The van der Waals surface area contributed by atoms with E-state index in [2.05, 4.69) is 0 Å². The maximum atomic E-state index is 10.2. The number of hydrogen-bond donors (Lipinski definition) is 3. The third-order valence-corrected chi connectivity index (χ3v) is 4.22. The lowest BCUT2D eigenvalue weighted by atomic mass is 10.0. The van der Waals surface area contributed by atoms with Crippen LogP contribution in [0.2, 0.25) is 0 Å². The standard InChI is InChI=1S/C17H24O7/c1-17(2)23-14-13(12(20)11(19)8-18)22-16(15(14)24-17)21-9-10-6-4-3-5-7-10/h3-7,11-16,18-20H,8-9H2,1-2H3/t11-,12-,13-,14?,15?,16+/m1/s1. The van der Waals surface area contributed by atoms with Crippen molar-refractivity contribution in [3.63, 3.8) is 0 Å². The van der Waals surface area contributed by atoms with Gasteiger partial charge in [0.25, 0.3) is 0 Å². The van der Waals surface area contributed by atoms with Gasteiger partial charge in [0.2, 0.25) is 0 Å². The molecule has 0 radical (unpaired) electrons. The van der Waals surface area contributed by atoms with E-state index in [0.29, 0.717) is 6.61 Å². The lowest BCUT2D eigenvalue weighted by molar-refractivity contribution is -0.251. The summed E-state index contributed by atoms with van der Waals surface area (Å²) in [6.45, 7) is 3.29. The number of hydrogen-bond acceptors (Lipinski definition) is 7. The first-order chi connectivity index (χ1) is 11.4. The van der Waals surface area contributed by atoms with E-state index < -0.39 is 49.2 Å². The summed E-state index contributed by atoms with van der Waals surface area (Å²) in [6.07, 6.45) is -5.31. The molecule has 7 heteroatoms. The topological polar surface area (TPSA) is 97.6 Å². The Morgan fingerprint density at radius 3 is 2.46 bits per heavy atom. The summed E-state index contributed by atoms with van der Waals surface area (Å²) in [7, 11) is 0. The molecule has 2 aliphatic rings. The van der Waals surface area contributed by atoms with Crippen molar-refractivity contribution in [3.8, 4) is 0 Å². The molecular weight excluding hydrogens is 316 g/mol. The van der Waals surface area contributed by atoms with Crippen molar-refractivity contribution >= 4 is 0 Å². The Labute approximate surface area is 140 Å². The second kappa shape index (κ2) is 7.05. The van der Waals surface area contributed by atoms with Crippen LogP contribution in [-0.2, 0) is 25.6 Å². The molecule has 0 aliphatic carbocycles. The largest absolute Gasteiger partial charge is 0.394 e. The molecule has 2 saturated heterocycles. The molecule has 7 nitrogen and oxygen atoms in total. The van der Waals surface area contributed by atoms with E-state index in [9.17, 15) is 10.2 Å². The van der Waals surface area contributed by atoms with Gasteiger partial charge >= 0.3 is 0 Å². The highest BCUT2D eigenvalue weighted by Gasteiger charge is 2.58. The predicted molar refractivity (Wildman–Crippen MR) is 82.8 cm³/mol. The highest BCUT2D eigenvalue weighted by atomic mass is 16.8. The first-order valence-electron chi connectivity index (χ1n) is 8.05. The van der Waals surface area contributed by atoms with Crippen molar-refractivity contribution in [2.45, 2.75) is 63.1 Å². The Hall–Kier alpha value is -1.06. The minimum Gasteiger partial charge on any atom is -0.394 e. The average Bonchev–Trinajstić information content (AvgIpc) is 3.05. The van der Waals surface area contributed by atoms with Crippen LogP contribution in [0.1, 0.15) is 19.4 Å². The van der Waals surface area contributed by atoms with Crippen LogP contribution in [0, 0.1) is 0 Å². The predicted octanol–water partition coefficient (Wildman–Crippen LogP) is 0.162. The summed E-state index contributed by atoms with van der Waals surface area (Å²) in [5.74, 6) is -0.838. The Morgan fingerprint density at radius 1 is 1.12 bits per heavy atom. The summed E-state index contributed by atoms with van der Waals surface area (Å²) in [6, 6.07) is 9.62. The van der Waals surface area contributed by atoms with E-state index in [1.54, 1.807) is 13.8 Å². The van der Waals surface area contributed by atoms with Crippen LogP contribution in [0.5, 0.6) is 0 Å². The van der Waals surface area contributed by atoms with Crippen LogP contribution >= 0.6 is 0 Å². The molecule has 3 N–H and O–H groups in total. The van der Waals surface area contributed by atoms with Gasteiger partial charge in [-0.3, -0.25) is 0 Å². The van der Waals surface area contributed by atoms with Crippen LogP contribution in [-0.4, -0.2) is 64.5 Å². The van der Waals surface area contributed by atoms with Crippen molar-refractivity contribution < 1.29 is 34.3 Å². The molecule has 6 atom stereocenters. The summed E-state index contributed by atoms with van der Waals surface area (Å²) in [5, 5.41) is 29.0. The zero-order valence-electron chi connectivity index (χ0n) is 13.7.